The predicted octanol–water partition coefficient (Wildman–Crippen LogP) is 4.33. The van der Waals surface area contributed by atoms with Gasteiger partial charge in [0.05, 0.1) is 0 Å². The standard InChI is InChI=1S/C17H26BrFN2/c1-17(2,3)20-11-15-6-4-5-9-21(15)12-13-7-8-14(19)10-16(13)18/h7-8,10,15,20H,4-6,9,11-12H2,1-3H3. The van der Waals surface area contributed by atoms with Gasteiger partial charge in [0.15, 0.2) is 0 Å². The second kappa shape index (κ2) is 7.21. The number of halogens is 2. The molecule has 0 spiro atoms. The van der Waals surface area contributed by atoms with Crippen LogP contribution in [0.25, 0.3) is 0 Å². The summed E-state index contributed by atoms with van der Waals surface area (Å²) in [4.78, 5) is 2.53. The van der Waals surface area contributed by atoms with Crippen LogP contribution >= 0.6 is 15.9 Å². The number of nitrogens with zero attached hydrogens (tertiary/aromatic N) is 1. The van der Waals surface area contributed by atoms with Crippen molar-refractivity contribution in [3.05, 3.63) is 34.1 Å². The highest BCUT2D eigenvalue weighted by atomic mass is 79.9. The van der Waals surface area contributed by atoms with Gasteiger partial charge < -0.3 is 5.32 Å². The monoisotopic (exact) mass is 356 g/mol. The van der Waals surface area contributed by atoms with Gasteiger partial charge in [-0.2, -0.15) is 0 Å². The van der Waals surface area contributed by atoms with E-state index in [4.69, 9.17) is 0 Å². The van der Waals surface area contributed by atoms with Crippen LogP contribution in [-0.4, -0.2) is 29.6 Å². The Morgan fingerprint density at radius 3 is 2.76 bits per heavy atom. The fourth-order valence-electron chi connectivity index (χ4n) is 2.79. The summed E-state index contributed by atoms with van der Waals surface area (Å²) in [6, 6.07) is 5.56. The molecular weight excluding hydrogens is 331 g/mol. The lowest BCUT2D eigenvalue weighted by atomic mass is 9.99. The van der Waals surface area contributed by atoms with Gasteiger partial charge in [-0.25, -0.2) is 4.39 Å². The minimum absolute atomic E-state index is 0.152. The smallest absolute Gasteiger partial charge is 0.124 e. The van der Waals surface area contributed by atoms with Gasteiger partial charge in [-0.05, 0) is 57.9 Å². The van der Waals surface area contributed by atoms with Crippen molar-refractivity contribution in [3.63, 3.8) is 0 Å². The van der Waals surface area contributed by atoms with E-state index in [-0.39, 0.29) is 11.4 Å². The highest BCUT2D eigenvalue weighted by molar-refractivity contribution is 9.10. The van der Waals surface area contributed by atoms with Gasteiger partial charge in [-0.15, -0.1) is 0 Å². The van der Waals surface area contributed by atoms with Crippen molar-refractivity contribution in [3.8, 4) is 0 Å². The number of hydrogen-bond acceptors (Lipinski definition) is 2. The molecule has 21 heavy (non-hydrogen) atoms. The van der Waals surface area contributed by atoms with Crippen LogP contribution in [0, 0.1) is 5.82 Å². The number of piperidine rings is 1. The Labute approximate surface area is 136 Å². The van der Waals surface area contributed by atoms with Gasteiger partial charge in [0.2, 0.25) is 0 Å². The Bertz CT molecular complexity index is 470. The molecule has 1 atom stereocenters. The Hall–Kier alpha value is -0.450. The fraction of sp³-hybridized carbons (Fsp3) is 0.647. The molecule has 0 aromatic heterocycles. The first-order chi connectivity index (χ1) is 9.85. The number of rotatable bonds is 4. The molecule has 1 heterocycles. The first kappa shape index (κ1) is 16.9. The molecule has 1 aromatic carbocycles. The minimum Gasteiger partial charge on any atom is -0.311 e. The maximum absolute atomic E-state index is 13.2. The molecule has 0 aliphatic carbocycles. The molecule has 4 heteroatoms. The van der Waals surface area contributed by atoms with E-state index in [1.165, 1.54) is 24.8 Å². The first-order valence-corrected chi connectivity index (χ1v) is 8.57. The molecule has 0 amide bonds. The zero-order valence-corrected chi connectivity index (χ0v) is 14.8. The quantitative estimate of drug-likeness (QED) is 0.863. The largest absolute Gasteiger partial charge is 0.311 e. The van der Waals surface area contributed by atoms with E-state index in [2.05, 4.69) is 46.9 Å². The molecule has 0 saturated carbocycles. The molecule has 1 aliphatic rings. The molecule has 1 saturated heterocycles. The van der Waals surface area contributed by atoms with Crippen LogP contribution in [0.2, 0.25) is 0 Å². The topological polar surface area (TPSA) is 15.3 Å². The average Bonchev–Trinajstić information content (AvgIpc) is 2.40. The van der Waals surface area contributed by atoms with Crippen molar-refractivity contribution in [1.29, 1.82) is 0 Å². The van der Waals surface area contributed by atoms with Crippen molar-refractivity contribution in [2.75, 3.05) is 13.1 Å². The number of likely N-dealkylation sites (tertiary alicyclic amines) is 1. The molecule has 0 radical (unpaired) electrons. The molecule has 1 fully saturated rings. The van der Waals surface area contributed by atoms with E-state index in [0.717, 1.165) is 24.1 Å². The maximum Gasteiger partial charge on any atom is 0.124 e. The normalized spacial score (nSPS) is 20.7. The molecule has 0 bridgehead atoms. The summed E-state index contributed by atoms with van der Waals surface area (Å²) >= 11 is 3.48. The molecule has 2 rings (SSSR count). The van der Waals surface area contributed by atoms with Crippen LogP contribution in [0.4, 0.5) is 4.39 Å². The lowest BCUT2D eigenvalue weighted by Gasteiger charge is -2.37. The van der Waals surface area contributed by atoms with Crippen LogP contribution in [0.15, 0.2) is 22.7 Å². The number of nitrogens with one attached hydrogen (secondary N) is 1. The third kappa shape index (κ3) is 5.35. The molecule has 2 nitrogen and oxygen atoms in total. The van der Waals surface area contributed by atoms with Crippen LogP contribution in [0.5, 0.6) is 0 Å². The van der Waals surface area contributed by atoms with Gasteiger partial charge in [0, 0.05) is 29.1 Å². The fourth-order valence-corrected chi connectivity index (χ4v) is 3.27. The van der Waals surface area contributed by atoms with Gasteiger partial charge in [-0.1, -0.05) is 28.4 Å². The van der Waals surface area contributed by atoms with E-state index in [1.54, 1.807) is 12.1 Å². The number of benzene rings is 1. The van der Waals surface area contributed by atoms with Crippen molar-refractivity contribution in [2.45, 2.75) is 58.2 Å². The van der Waals surface area contributed by atoms with Crippen LogP contribution in [0.1, 0.15) is 45.6 Å². The minimum atomic E-state index is -0.185. The number of hydrogen-bond donors (Lipinski definition) is 1. The van der Waals surface area contributed by atoms with Gasteiger partial charge >= 0.3 is 0 Å². The lowest BCUT2D eigenvalue weighted by Crippen LogP contribution is -2.49. The maximum atomic E-state index is 13.2. The van der Waals surface area contributed by atoms with Crippen molar-refractivity contribution < 1.29 is 4.39 Å². The third-order valence-corrected chi connectivity index (χ3v) is 4.74. The summed E-state index contributed by atoms with van der Waals surface area (Å²) in [5.41, 5.74) is 1.32. The molecular formula is C17H26BrFN2. The van der Waals surface area contributed by atoms with Gasteiger partial charge in [0.1, 0.15) is 5.82 Å². The van der Waals surface area contributed by atoms with Crippen molar-refractivity contribution in [2.24, 2.45) is 0 Å². The van der Waals surface area contributed by atoms with Crippen molar-refractivity contribution >= 4 is 15.9 Å². The van der Waals surface area contributed by atoms with E-state index in [1.807, 2.05) is 6.07 Å². The van der Waals surface area contributed by atoms with Crippen LogP contribution in [-0.2, 0) is 6.54 Å². The highest BCUT2D eigenvalue weighted by Crippen LogP contribution is 2.24. The summed E-state index contributed by atoms with van der Waals surface area (Å²) in [7, 11) is 0. The first-order valence-electron chi connectivity index (χ1n) is 7.78. The lowest BCUT2D eigenvalue weighted by molar-refractivity contribution is 0.131. The van der Waals surface area contributed by atoms with E-state index in [0.29, 0.717) is 6.04 Å². The highest BCUT2D eigenvalue weighted by Gasteiger charge is 2.24. The second-order valence-electron chi connectivity index (χ2n) is 6.99. The van der Waals surface area contributed by atoms with Crippen LogP contribution < -0.4 is 5.32 Å². The zero-order chi connectivity index (χ0) is 15.5. The molecule has 1 aliphatic heterocycles. The molecule has 1 unspecified atom stereocenters. The zero-order valence-electron chi connectivity index (χ0n) is 13.3. The Morgan fingerprint density at radius 2 is 2.10 bits per heavy atom. The summed E-state index contributed by atoms with van der Waals surface area (Å²) in [6.07, 6.45) is 3.80. The molecule has 1 N–H and O–H groups in total. The Balaban J connectivity index is 2.01. The summed E-state index contributed by atoms with van der Waals surface area (Å²) in [5.74, 6) is -0.185. The molecule has 118 valence electrons. The third-order valence-electron chi connectivity index (χ3n) is 4.01. The van der Waals surface area contributed by atoms with Gasteiger partial charge in [0.25, 0.3) is 0 Å². The van der Waals surface area contributed by atoms with Crippen LogP contribution in [0.3, 0.4) is 0 Å². The Kier molecular flexibility index (Phi) is 5.81. The summed E-state index contributed by atoms with van der Waals surface area (Å²) in [5, 5.41) is 3.62. The SMILES string of the molecule is CC(C)(C)NCC1CCCCN1Cc1ccc(F)cc1Br. The van der Waals surface area contributed by atoms with E-state index < -0.39 is 0 Å². The average molecular weight is 357 g/mol. The Morgan fingerprint density at radius 1 is 1.33 bits per heavy atom. The van der Waals surface area contributed by atoms with Crippen molar-refractivity contribution in [1.82, 2.24) is 10.2 Å². The second-order valence-corrected chi connectivity index (χ2v) is 7.84. The van der Waals surface area contributed by atoms with Gasteiger partial charge in [-0.3, -0.25) is 4.90 Å². The summed E-state index contributed by atoms with van der Waals surface area (Å²) < 4.78 is 14.1. The predicted molar refractivity (Wildman–Crippen MR) is 89.9 cm³/mol. The van der Waals surface area contributed by atoms with E-state index >= 15 is 0 Å². The summed E-state index contributed by atoms with van der Waals surface area (Å²) in [6.45, 7) is 9.64. The van der Waals surface area contributed by atoms with E-state index in [9.17, 15) is 4.39 Å². The molecule has 1 aromatic rings.